The molecule has 5 heteroatoms. The number of thioether (sulfide) groups is 1. The van der Waals surface area contributed by atoms with Gasteiger partial charge in [-0.3, -0.25) is 9.78 Å². The van der Waals surface area contributed by atoms with Crippen LogP contribution in [0.3, 0.4) is 0 Å². The third-order valence-corrected chi connectivity index (χ3v) is 3.40. The molecule has 0 bridgehead atoms. The molecule has 88 valence electrons. The normalized spacial score (nSPS) is 12.2. The molecule has 0 saturated carbocycles. The summed E-state index contributed by atoms with van der Waals surface area (Å²) in [7, 11) is 1.78. The topological polar surface area (TPSA) is 59.2 Å². The van der Waals surface area contributed by atoms with Crippen molar-refractivity contribution in [3.8, 4) is 0 Å². The minimum absolute atomic E-state index is 0.0885. The van der Waals surface area contributed by atoms with E-state index in [1.807, 2.05) is 19.1 Å². The maximum atomic E-state index is 11.8. The predicted octanol–water partition coefficient (Wildman–Crippen LogP) is 0.979. The number of rotatable bonds is 5. The Morgan fingerprint density at radius 2 is 2.19 bits per heavy atom. The van der Waals surface area contributed by atoms with E-state index in [0.717, 1.165) is 4.90 Å². The van der Waals surface area contributed by atoms with Gasteiger partial charge in [0.05, 0.1) is 5.75 Å². The maximum Gasteiger partial charge on any atom is 0.232 e. The van der Waals surface area contributed by atoms with E-state index in [4.69, 9.17) is 5.73 Å². The minimum atomic E-state index is 0.0885. The van der Waals surface area contributed by atoms with Gasteiger partial charge in [0.15, 0.2) is 0 Å². The van der Waals surface area contributed by atoms with Gasteiger partial charge in [-0.1, -0.05) is 0 Å². The second-order valence-corrected chi connectivity index (χ2v) is 4.61. The quantitative estimate of drug-likeness (QED) is 0.778. The summed E-state index contributed by atoms with van der Waals surface area (Å²) in [5.41, 5.74) is 5.51. The summed E-state index contributed by atoms with van der Waals surface area (Å²) in [5, 5.41) is 0. The lowest BCUT2D eigenvalue weighted by atomic mass is 10.3. The third kappa shape index (κ3) is 3.83. The first-order valence-electron chi connectivity index (χ1n) is 5.13. The summed E-state index contributed by atoms with van der Waals surface area (Å²) in [6.07, 6.45) is 3.44. The second-order valence-electron chi connectivity index (χ2n) is 3.56. The van der Waals surface area contributed by atoms with Crippen molar-refractivity contribution in [2.75, 3.05) is 19.3 Å². The smallest absolute Gasteiger partial charge is 0.232 e. The van der Waals surface area contributed by atoms with Gasteiger partial charge < -0.3 is 10.6 Å². The van der Waals surface area contributed by atoms with E-state index in [9.17, 15) is 4.79 Å². The average molecular weight is 239 g/mol. The molecule has 0 aliphatic carbocycles. The zero-order valence-corrected chi connectivity index (χ0v) is 10.4. The van der Waals surface area contributed by atoms with Crippen molar-refractivity contribution in [1.82, 2.24) is 9.88 Å². The van der Waals surface area contributed by atoms with E-state index in [1.54, 1.807) is 24.3 Å². The summed E-state index contributed by atoms with van der Waals surface area (Å²) in [5.74, 6) is 0.532. The van der Waals surface area contributed by atoms with Gasteiger partial charge in [0.2, 0.25) is 5.91 Å². The highest BCUT2D eigenvalue weighted by Crippen LogP contribution is 2.16. The number of aromatic nitrogens is 1. The Labute approximate surface area is 100 Å². The fraction of sp³-hybridized carbons (Fsp3) is 0.455. The van der Waals surface area contributed by atoms with Crippen LogP contribution in [0.25, 0.3) is 0 Å². The lowest BCUT2D eigenvalue weighted by Gasteiger charge is -2.23. The van der Waals surface area contributed by atoms with E-state index < -0.39 is 0 Å². The summed E-state index contributed by atoms with van der Waals surface area (Å²) >= 11 is 1.51. The number of hydrogen-bond donors (Lipinski definition) is 1. The third-order valence-electron chi connectivity index (χ3n) is 2.41. The first-order chi connectivity index (χ1) is 7.65. The molecule has 0 aliphatic rings. The van der Waals surface area contributed by atoms with Gasteiger partial charge in [0, 0.05) is 36.9 Å². The highest BCUT2D eigenvalue weighted by atomic mass is 32.2. The van der Waals surface area contributed by atoms with E-state index in [2.05, 4.69) is 4.98 Å². The SMILES string of the molecule is CC(CN)N(C)C(=O)CSc1ccncc1. The Morgan fingerprint density at radius 3 is 2.75 bits per heavy atom. The van der Waals surface area contributed by atoms with Crippen molar-refractivity contribution in [3.05, 3.63) is 24.5 Å². The Balaban J connectivity index is 2.41. The molecule has 0 radical (unpaired) electrons. The first kappa shape index (κ1) is 13.0. The number of carbonyl (C=O) groups is 1. The van der Waals surface area contributed by atoms with Crippen LogP contribution in [0, 0.1) is 0 Å². The molecule has 0 fully saturated rings. The summed E-state index contributed by atoms with van der Waals surface area (Å²) in [6.45, 7) is 2.43. The van der Waals surface area contributed by atoms with Gasteiger partial charge in [-0.15, -0.1) is 11.8 Å². The number of amides is 1. The van der Waals surface area contributed by atoms with Gasteiger partial charge >= 0.3 is 0 Å². The van der Waals surface area contributed by atoms with E-state index >= 15 is 0 Å². The number of likely N-dealkylation sites (N-methyl/N-ethyl adjacent to an activating group) is 1. The molecule has 2 N–H and O–H groups in total. The Hall–Kier alpha value is -1.07. The number of nitrogens with zero attached hydrogens (tertiary/aromatic N) is 2. The lowest BCUT2D eigenvalue weighted by molar-refractivity contribution is -0.128. The van der Waals surface area contributed by atoms with Gasteiger partial charge in [-0.2, -0.15) is 0 Å². The number of pyridine rings is 1. The minimum Gasteiger partial charge on any atom is -0.341 e. The van der Waals surface area contributed by atoms with Gasteiger partial charge in [-0.25, -0.2) is 0 Å². The van der Waals surface area contributed by atoms with Crippen LogP contribution in [0.2, 0.25) is 0 Å². The fourth-order valence-electron chi connectivity index (χ4n) is 1.09. The lowest BCUT2D eigenvalue weighted by Crippen LogP contribution is -2.40. The van der Waals surface area contributed by atoms with Crippen LogP contribution in [0.1, 0.15) is 6.92 Å². The highest BCUT2D eigenvalue weighted by Gasteiger charge is 2.14. The monoisotopic (exact) mass is 239 g/mol. The van der Waals surface area contributed by atoms with E-state index in [-0.39, 0.29) is 11.9 Å². The Kier molecular flexibility index (Phi) is 5.28. The molecule has 1 aromatic rings. The molecule has 1 aromatic heterocycles. The van der Waals surface area contributed by atoms with Crippen LogP contribution in [0.4, 0.5) is 0 Å². The molecule has 1 rings (SSSR count). The summed E-state index contributed by atoms with van der Waals surface area (Å²) in [6, 6.07) is 3.87. The molecule has 0 saturated heterocycles. The Morgan fingerprint density at radius 1 is 1.56 bits per heavy atom. The van der Waals surface area contributed by atoms with Crippen molar-refractivity contribution >= 4 is 17.7 Å². The van der Waals surface area contributed by atoms with Crippen molar-refractivity contribution in [2.24, 2.45) is 5.73 Å². The molecular formula is C11H17N3OS. The molecular weight excluding hydrogens is 222 g/mol. The predicted molar refractivity (Wildman–Crippen MR) is 66.2 cm³/mol. The molecule has 0 aliphatic heterocycles. The second kappa shape index (κ2) is 6.50. The first-order valence-corrected chi connectivity index (χ1v) is 6.12. The van der Waals surface area contributed by atoms with Crippen molar-refractivity contribution in [3.63, 3.8) is 0 Å². The van der Waals surface area contributed by atoms with E-state index in [1.165, 1.54) is 11.8 Å². The summed E-state index contributed by atoms with van der Waals surface area (Å²) < 4.78 is 0. The molecule has 0 aromatic carbocycles. The van der Waals surface area contributed by atoms with Crippen molar-refractivity contribution in [2.45, 2.75) is 17.9 Å². The number of hydrogen-bond acceptors (Lipinski definition) is 4. The maximum absolute atomic E-state index is 11.8. The van der Waals surface area contributed by atoms with Crippen LogP contribution < -0.4 is 5.73 Å². The van der Waals surface area contributed by atoms with Gasteiger partial charge in [-0.05, 0) is 19.1 Å². The zero-order valence-electron chi connectivity index (χ0n) is 9.59. The van der Waals surface area contributed by atoms with Crippen LogP contribution in [-0.4, -0.2) is 41.2 Å². The van der Waals surface area contributed by atoms with Gasteiger partial charge in [0.25, 0.3) is 0 Å². The molecule has 0 spiro atoms. The van der Waals surface area contributed by atoms with Crippen LogP contribution in [-0.2, 0) is 4.79 Å². The molecule has 16 heavy (non-hydrogen) atoms. The standard InChI is InChI=1S/C11H17N3OS/c1-9(7-12)14(2)11(15)8-16-10-3-5-13-6-4-10/h3-6,9H,7-8,12H2,1-2H3. The molecule has 1 atom stereocenters. The number of nitrogens with two attached hydrogens (primary N) is 1. The largest absolute Gasteiger partial charge is 0.341 e. The molecule has 1 unspecified atom stereocenters. The van der Waals surface area contributed by atoms with Gasteiger partial charge in [0.1, 0.15) is 0 Å². The highest BCUT2D eigenvalue weighted by molar-refractivity contribution is 8.00. The van der Waals surface area contributed by atoms with Crippen molar-refractivity contribution in [1.29, 1.82) is 0 Å². The van der Waals surface area contributed by atoms with Crippen LogP contribution >= 0.6 is 11.8 Å². The summed E-state index contributed by atoms with van der Waals surface area (Å²) in [4.78, 5) is 18.4. The average Bonchev–Trinajstić information content (AvgIpc) is 2.35. The van der Waals surface area contributed by atoms with Crippen LogP contribution in [0.15, 0.2) is 29.4 Å². The Bertz CT molecular complexity index is 331. The van der Waals surface area contributed by atoms with Crippen LogP contribution in [0.5, 0.6) is 0 Å². The van der Waals surface area contributed by atoms with E-state index in [0.29, 0.717) is 12.3 Å². The number of carbonyl (C=O) groups excluding carboxylic acids is 1. The molecule has 1 amide bonds. The molecule has 1 heterocycles. The van der Waals surface area contributed by atoms with Crippen molar-refractivity contribution < 1.29 is 4.79 Å². The molecule has 4 nitrogen and oxygen atoms in total. The fourth-order valence-corrected chi connectivity index (χ4v) is 1.89. The zero-order chi connectivity index (χ0) is 12.0.